The minimum absolute atomic E-state index is 0.159. The van der Waals surface area contributed by atoms with Crippen LogP contribution >= 0.6 is 11.6 Å². The number of benzene rings is 1. The molecule has 0 saturated carbocycles. The van der Waals surface area contributed by atoms with E-state index in [1.807, 2.05) is 0 Å². The number of anilines is 1. The molecule has 3 rings (SSSR count). The molecule has 25 heavy (non-hydrogen) atoms. The van der Waals surface area contributed by atoms with Crippen LogP contribution in [0.2, 0.25) is 5.02 Å². The number of amides is 1. The highest BCUT2D eigenvalue weighted by Gasteiger charge is 2.10. The Labute approximate surface area is 148 Å². The first-order valence-electron chi connectivity index (χ1n) is 7.60. The lowest BCUT2D eigenvalue weighted by Gasteiger charge is -2.03. The van der Waals surface area contributed by atoms with Crippen molar-refractivity contribution in [3.8, 4) is 11.4 Å². The highest BCUT2D eigenvalue weighted by atomic mass is 35.5. The molecule has 128 valence electrons. The smallest absolute Gasteiger partial charge is 0.226 e. The zero-order chi connectivity index (χ0) is 17.6. The van der Waals surface area contributed by atoms with Gasteiger partial charge in [-0.05, 0) is 42.8 Å². The summed E-state index contributed by atoms with van der Waals surface area (Å²) in [5, 5.41) is 7.05. The number of nitrogens with one attached hydrogen (secondary N) is 1. The molecule has 0 unspecified atom stereocenters. The summed E-state index contributed by atoms with van der Waals surface area (Å²) < 4.78 is 18.1. The Kier molecular flexibility index (Phi) is 5.35. The van der Waals surface area contributed by atoms with Crippen molar-refractivity contribution in [2.75, 3.05) is 5.32 Å². The number of hydrogen-bond donors (Lipinski definition) is 1. The predicted molar refractivity (Wildman–Crippen MR) is 90.5 cm³/mol. The van der Waals surface area contributed by atoms with Crippen molar-refractivity contribution in [2.24, 2.45) is 0 Å². The highest BCUT2D eigenvalue weighted by Crippen LogP contribution is 2.17. The first-order chi connectivity index (χ1) is 12.1. The molecule has 3 aromatic rings. The van der Waals surface area contributed by atoms with Crippen LogP contribution in [0.25, 0.3) is 11.4 Å². The van der Waals surface area contributed by atoms with E-state index in [9.17, 15) is 9.18 Å². The van der Waals surface area contributed by atoms with Gasteiger partial charge in [0.15, 0.2) is 0 Å². The fourth-order valence-electron chi connectivity index (χ4n) is 2.13. The maximum absolute atomic E-state index is 12.9. The van der Waals surface area contributed by atoms with E-state index in [4.69, 9.17) is 16.1 Å². The molecule has 2 heterocycles. The summed E-state index contributed by atoms with van der Waals surface area (Å²) in [5.74, 6) is 0.786. The van der Waals surface area contributed by atoms with E-state index in [2.05, 4.69) is 20.4 Å². The number of carbonyl (C=O) groups is 1. The van der Waals surface area contributed by atoms with Crippen LogP contribution in [-0.4, -0.2) is 21.0 Å². The van der Waals surface area contributed by atoms with Gasteiger partial charge in [-0.15, -0.1) is 0 Å². The van der Waals surface area contributed by atoms with Crippen molar-refractivity contribution in [2.45, 2.75) is 19.3 Å². The van der Waals surface area contributed by atoms with Crippen molar-refractivity contribution >= 4 is 23.3 Å². The number of carbonyl (C=O) groups excluding carboxylic acids is 1. The Bertz CT molecular complexity index is 850. The van der Waals surface area contributed by atoms with E-state index in [0.29, 0.717) is 47.4 Å². The van der Waals surface area contributed by atoms with Gasteiger partial charge in [0.1, 0.15) is 11.6 Å². The van der Waals surface area contributed by atoms with E-state index in [1.165, 1.54) is 18.3 Å². The van der Waals surface area contributed by atoms with Crippen LogP contribution in [0.5, 0.6) is 0 Å². The summed E-state index contributed by atoms with van der Waals surface area (Å²) in [4.78, 5) is 20.1. The summed E-state index contributed by atoms with van der Waals surface area (Å²) in [7, 11) is 0. The van der Waals surface area contributed by atoms with Gasteiger partial charge in [0.2, 0.25) is 17.6 Å². The Hall–Kier alpha value is -2.80. The maximum Gasteiger partial charge on any atom is 0.226 e. The molecule has 0 atom stereocenters. The summed E-state index contributed by atoms with van der Waals surface area (Å²) >= 11 is 5.74. The first-order valence-corrected chi connectivity index (χ1v) is 7.98. The van der Waals surface area contributed by atoms with Gasteiger partial charge in [0, 0.05) is 24.6 Å². The molecular weight excluding hydrogens is 347 g/mol. The van der Waals surface area contributed by atoms with Gasteiger partial charge in [0.05, 0.1) is 5.02 Å². The molecule has 1 aromatic carbocycles. The van der Waals surface area contributed by atoms with Gasteiger partial charge in [-0.25, -0.2) is 9.37 Å². The standard InChI is InChI=1S/C17H14ClFN4O2/c18-12-6-9-14(20-10-12)21-15(24)2-1-3-16-22-17(23-25-16)11-4-7-13(19)8-5-11/h4-10H,1-3H2,(H,20,21,24). The van der Waals surface area contributed by atoms with Gasteiger partial charge in [-0.1, -0.05) is 16.8 Å². The molecule has 0 aliphatic carbocycles. The third-order valence-corrected chi connectivity index (χ3v) is 3.58. The monoisotopic (exact) mass is 360 g/mol. The first kappa shape index (κ1) is 17.0. The Morgan fingerprint density at radius 1 is 1.20 bits per heavy atom. The molecule has 0 saturated heterocycles. The number of aryl methyl sites for hydroxylation is 1. The second kappa shape index (κ2) is 7.85. The number of halogens is 2. The molecule has 0 aliphatic heterocycles. The quantitative estimate of drug-likeness (QED) is 0.721. The zero-order valence-electron chi connectivity index (χ0n) is 13.1. The average molecular weight is 361 g/mol. The number of aromatic nitrogens is 3. The molecular formula is C17H14ClFN4O2. The number of pyridine rings is 1. The number of hydrogen-bond acceptors (Lipinski definition) is 5. The van der Waals surface area contributed by atoms with Crippen molar-refractivity contribution in [1.29, 1.82) is 0 Å². The molecule has 0 bridgehead atoms. The van der Waals surface area contributed by atoms with Crippen LogP contribution in [0.3, 0.4) is 0 Å². The molecule has 1 amide bonds. The number of nitrogens with zero attached hydrogens (tertiary/aromatic N) is 3. The molecule has 0 aliphatic rings. The van der Waals surface area contributed by atoms with E-state index >= 15 is 0 Å². The van der Waals surface area contributed by atoms with Crippen LogP contribution in [0.1, 0.15) is 18.7 Å². The van der Waals surface area contributed by atoms with E-state index in [1.54, 1.807) is 24.3 Å². The van der Waals surface area contributed by atoms with Gasteiger partial charge < -0.3 is 9.84 Å². The highest BCUT2D eigenvalue weighted by molar-refractivity contribution is 6.30. The molecule has 6 nitrogen and oxygen atoms in total. The van der Waals surface area contributed by atoms with Crippen molar-refractivity contribution < 1.29 is 13.7 Å². The lowest BCUT2D eigenvalue weighted by Crippen LogP contribution is -2.12. The normalized spacial score (nSPS) is 10.6. The number of rotatable bonds is 6. The molecule has 1 N–H and O–H groups in total. The minimum atomic E-state index is -0.325. The van der Waals surface area contributed by atoms with E-state index in [0.717, 1.165) is 0 Å². The Balaban J connectivity index is 1.48. The summed E-state index contributed by atoms with van der Waals surface area (Å²) in [5.41, 5.74) is 0.669. The van der Waals surface area contributed by atoms with Crippen LogP contribution in [0.15, 0.2) is 47.1 Å². The van der Waals surface area contributed by atoms with Crippen molar-refractivity contribution in [3.63, 3.8) is 0 Å². The summed E-state index contributed by atoms with van der Waals surface area (Å²) in [6, 6.07) is 9.11. The summed E-state index contributed by atoms with van der Waals surface area (Å²) in [6.07, 6.45) is 2.77. The largest absolute Gasteiger partial charge is 0.339 e. The average Bonchev–Trinajstić information content (AvgIpc) is 3.06. The lowest BCUT2D eigenvalue weighted by molar-refractivity contribution is -0.116. The SMILES string of the molecule is O=C(CCCc1nc(-c2ccc(F)cc2)no1)Nc1ccc(Cl)cn1. The van der Waals surface area contributed by atoms with Crippen LogP contribution in [0.4, 0.5) is 10.2 Å². The van der Waals surface area contributed by atoms with Gasteiger partial charge in [-0.3, -0.25) is 4.79 Å². The van der Waals surface area contributed by atoms with Gasteiger partial charge >= 0.3 is 0 Å². The zero-order valence-corrected chi connectivity index (χ0v) is 13.8. The van der Waals surface area contributed by atoms with E-state index in [-0.39, 0.29) is 11.7 Å². The molecule has 0 radical (unpaired) electrons. The molecule has 0 spiro atoms. The third kappa shape index (κ3) is 4.84. The second-order valence-electron chi connectivity index (χ2n) is 5.28. The van der Waals surface area contributed by atoms with Gasteiger partial charge in [-0.2, -0.15) is 4.98 Å². The third-order valence-electron chi connectivity index (χ3n) is 3.36. The van der Waals surface area contributed by atoms with Crippen LogP contribution in [-0.2, 0) is 11.2 Å². The summed E-state index contributed by atoms with van der Waals surface area (Å²) in [6.45, 7) is 0. The Morgan fingerprint density at radius 3 is 2.72 bits per heavy atom. The van der Waals surface area contributed by atoms with Crippen LogP contribution < -0.4 is 5.32 Å². The lowest BCUT2D eigenvalue weighted by atomic mass is 10.2. The molecule has 0 fully saturated rings. The predicted octanol–water partition coefficient (Wildman–Crippen LogP) is 3.89. The van der Waals surface area contributed by atoms with Gasteiger partial charge in [0.25, 0.3) is 0 Å². The van der Waals surface area contributed by atoms with E-state index < -0.39 is 0 Å². The Morgan fingerprint density at radius 2 is 2.00 bits per heavy atom. The van der Waals surface area contributed by atoms with Crippen molar-refractivity contribution in [3.05, 3.63) is 59.3 Å². The second-order valence-corrected chi connectivity index (χ2v) is 5.72. The maximum atomic E-state index is 12.9. The molecule has 8 heteroatoms. The van der Waals surface area contributed by atoms with Crippen molar-refractivity contribution in [1.82, 2.24) is 15.1 Å². The molecule has 2 aromatic heterocycles. The fraction of sp³-hybridized carbons (Fsp3) is 0.176. The fourth-order valence-corrected chi connectivity index (χ4v) is 2.24. The minimum Gasteiger partial charge on any atom is -0.339 e. The van der Waals surface area contributed by atoms with Crippen LogP contribution in [0, 0.1) is 5.82 Å². The topological polar surface area (TPSA) is 80.9 Å².